The number of rotatable bonds is 4. The highest BCUT2D eigenvalue weighted by atomic mass is 35.5. The molecule has 0 unspecified atom stereocenters. The SMILES string of the molecule is COc1ccc(Cl)cc1Nc1nc(-c2ccc(C)cc2)nc2ccccc12. The molecule has 0 amide bonds. The van der Waals surface area contributed by atoms with Crippen molar-refractivity contribution in [2.24, 2.45) is 0 Å². The Hall–Kier alpha value is -3.11. The summed E-state index contributed by atoms with van der Waals surface area (Å²) in [6.07, 6.45) is 0. The van der Waals surface area contributed by atoms with Gasteiger partial charge in [-0.2, -0.15) is 0 Å². The molecule has 4 rings (SSSR count). The third kappa shape index (κ3) is 3.57. The Morgan fingerprint density at radius 3 is 2.48 bits per heavy atom. The smallest absolute Gasteiger partial charge is 0.162 e. The topological polar surface area (TPSA) is 47.0 Å². The summed E-state index contributed by atoms with van der Waals surface area (Å²) in [5, 5.41) is 4.92. The lowest BCUT2D eigenvalue weighted by atomic mass is 10.1. The number of anilines is 2. The zero-order valence-corrected chi connectivity index (χ0v) is 15.8. The molecule has 3 aromatic carbocycles. The first kappa shape index (κ1) is 17.3. The van der Waals surface area contributed by atoms with Crippen LogP contribution in [0.15, 0.2) is 66.7 Å². The largest absolute Gasteiger partial charge is 0.495 e. The Bertz CT molecular complexity index is 1110. The molecule has 134 valence electrons. The monoisotopic (exact) mass is 375 g/mol. The van der Waals surface area contributed by atoms with Gasteiger partial charge in [0.1, 0.15) is 11.6 Å². The summed E-state index contributed by atoms with van der Waals surface area (Å²) in [4.78, 5) is 9.51. The van der Waals surface area contributed by atoms with Crippen LogP contribution in [0.3, 0.4) is 0 Å². The van der Waals surface area contributed by atoms with Crippen LogP contribution in [0.1, 0.15) is 5.56 Å². The minimum atomic E-state index is 0.621. The molecule has 0 fully saturated rings. The molecule has 1 N–H and O–H groups in total. The van der Waals surface area contributed by atoms with Gasteiger partial charge in [0.05, 0.1) is 18.3 Å². The molecular weight excluding hydrogens is 358 g/mol. The summed E-state index contributed by atoms with van der Waals surface area (Å²) in [5.41, 5.74) is 3.78. The summed E-state index contributed by atoms with van der Waals surface area (Å²) >= 11 is 6.17. The van der Waals surface area contributed by atoms with Gasteiger partial charge in [-0.25, -0.2) is 9.97 Å². The predicted molar refractivity (Wildman–Crippen MR) is 111 cm³/mol. The van der Waals surface area contributed by atoms with E-state index in [1.165, 1.54) is 5.56 Å². The van der Waals surface area contributed by atoms with Gasteiger partial charge in [0.15, 0.2) is 5.82 Å². The maximum absolute atomic E-state index is 6.17. The fourth-order valence-corrected chi connectivity index (χ4v) is 3.08. The highest BCUT2D eigenvalue weighted by Crippen LogP contribution is 2.33. The van der Waals surface area contributed by atoms with E-state index in [1.54, 1.807) is 13.2 Å². The number of hydrogen-bond acceptors (Lipinski definition) is 4. The van der Waals surface area contributed by atoms with Crippen LogP contribution in [0.4, 0.5) is 11.5 Å². The van der Waals surface area contributed by atoms with E-state index >= 15 is 0 Å². The van der Waals surface area contributed by atoms with E-state index in [9.17, 15) is 0 Å². The average molecular weight is 376 g/mol. The van der Waals surface area contributed by atoms with Crippen LogP contribution in [0.5, 0.6) is 5.75 Å². The number of aromatic nitrogens is 2. The van der Waals surface area contributed by atoms with Crippen molar-refractivity contribution in [2.75, 3.05) is 12.4 Å². The molecule has 5 heteroatoms. The van der Waals surface area contributed by atoms with E-state index in [2.05, 4.69) is 24.4 Å². The standard InChI is InChI=1S/C22H18ClN3O/c1-14-7-9-15(10-8-14)21-24-18-6-4-3-5-17(18)22(26-21)25-19-13-16(23)11-12-20(19)27-2/h3-13H,1-2H3,(H,24,25,26). The molecule has 27 heavy (non-hydrogen) atoms. The molecule has 0 bridgehead atoms. The number of aryl methyl sites for hydroxylation is 1. The molecule has 4 aromatic rings. The second-order valence-corrected chi connectivity index (χ2v) is 6.69. The van der Waals surface area contributed by atoms with Crippen molar-refractivity contribution < 1.29 is 4.74 Å². The lowest BCUT2D eigenvalue weighted by Gasteiger charge is -2.14. The summed E-state index contributed by atoms with van der Waals surface area (Å²) in [5.74, 6) is 2.06. The molecule has 0 radical (unpaired) electrons. The van der Waals surface area contributed by atoms with Gasteiger partial charge in [-0.3, -0.25) is 0 Å². The molecule has 1 heterocycles. The Morgan fingerprint density at radius 2 is 1.70 bits per heavy atom. The number of methoxy groups -OCH3 is 1. The second kappa shape index (κ2) is 7.25. The van der Waals surface area contributed by atoms with Crippen molar-refractivity contribution in [3.63, 3.8) is 0 Å². The van der Waals surface area contributed by atoms with Crippen LogP contribution in [0, 0.1) is 6.92 Å². The van der Waals surface area contributed by atoms with E-state index in [-0.39, 0.29) is 0 Å². The predicted octanol–water partition coefficient (Wildman–Crippen LogP) is 6.01. The highest BCUT2D eigenvalue weighted by Gasteiger charge is 2.12. The third-order valence-electron chi connectivity index (χ3n) is 4.33. The first-order valence-electron chi connectivity index (χ1n) is 8.58. The average Bonchev–Trinajstić information content (AvgIpc) is 2.69. The van der Waals surface area contributed by atoms with Gasteiger partial charge in [0.25, 0.3) is 0 Å². The quantitative estimate of drug-likeness (QED) is 0.474. The summed E-state index contributed by atoms with van der Waals surface area (Å²) < 4.78 is 5.45. The number of para-hydroxylation sites is 1. The maximum atomic E-state index is 6.17. The second-order valence-electron chi connectivity index (χ2n) is 6.25. The van der Waals surface area contributed by atoms with Crippen LogP contribution in [0.25, 0.3) is 22.3 Å². The van der Waals surface area contributed by atoms with Crippen LogP contribution < -0.4 is 10.1 Å². The van der Waals surface area contributed by atoms with Crippen molar-refractivity contribution in [2.45, 2.75) is 6.92 Å². The van der Waals surface area contributed by atoms with Gasteiger partial charge in [-0.1, -0.05) is 53.6 Å². The van der Waals surface area contributed by atoms with Gasteiger partial charge < -0.3 is 10.1 Å². The summed E-state index contributed by atoms with van der Waals surface area (Å²) in [6, 6.07) is 21.5. The first-order chi connectivity index (χ1) is 13.1. The van der Waals surface area contributed by atoms with Gasteiger partial charge in [-0.15, -0.1) is 0 Å². The number of benzene rings is 3. The Labute approximate surface area is 162 Å². The van der Waals surface area contributed by atoms with E-state index in [1.807, 2.05) is 48.5 Å². The molecule has 4 nitrogen and oxygen atoms in total. The zero-order valence-electron chi connectivity index (χ0n) is 15.0. The van der Waals surface area contributed by atoms with E-state index in [0.717, 1.165) is 22.2 Å². The number of hydrogen-bond donors (Lipinski definition) is 1. The number of nitrogens with zero attached hydrogens (tertiary/aromatic N) is 2. The molecule has 0 aliphatic heterocycles. The van der Waals surface area contributed by atoms with E-state index in [0.29, 0.717) is 22.4 Å². The number of nitrogens with one attached hydrogen (secondary N) is 1. The fourth-order valence-electron chi connectivity index (χ4n) is 2.91. The Balaban J connectivity index is 1.86. The summed E-state index contributed by atoms with van der Waals surface area (Å²) in [7, 11) is 1.63. The first-order valence-corrected chi connectivity index (χ1v) is 8.96. The number of fused-ring (bicyclic) bond motifs is 1. The molecule has 0 saturated heterocycles. The van der Waals surface area contributed by atoms with Gasteiger partial charge in [0, 0.05) is 16.0 Å². The molecule has 1 aromatic heterocycles. The van der Waals surface area contributed by atoms with E-state index < -0.39 is 0 Å². The van der Waals surface area contributed by atoms with Crippen LogP contribution in [-0.4, -0.2) is 17.1 Å². The van der Waals surface area contributed by atoms with Crippen molar-refractivity contribution in [1.82, 2.24) is 9.97 Å². The number of halogens is 1. The van der Waals surface area contributed by atoms with Gasteiger partial charge in [0.2, 0.25) is 0 Å². The molecular formula is C22H18ClN3O. The van der Waals surface area contributed by atoms with Crippen LogP contribution in [0.2, 0.25) is 5.02 Å². The van der Waals surface area contributed by atoms with E-state index in [4.69, 9.17) is 26.3 Å². The molecule has 0 aliphatic rings. The van der Waals surface area contributed by atoms with Gasteiger partial charge >= 0.3 is 0 Å². The van der Waals surface area contributed by atoms with Crippen LogP contribution >= 0.6 is 11.6 Å². The Morgan fingerprint density at radius 1 is 0.926 bits per heavy atom. The highest BCUT2D eigenvalue weighted by molar-refractivity contribution is 6.31. The van der Waals surface area contributed by atoms with Crippen molar-refractivity contribution in [1.29, 1.82) is 0 Å². The molecule has 0 saturated carbocycles. The lowest BCUT2D eigenvalue weighted by Crippen LogP contribution is -2.01. The molecule has 0 spiro atoms. The minimum absolute atomic E-state index is 0.621. The maximum Gasteiger partial charge on any atom is 0.162 e. The summed E-state index contributed by atoms with van der Waals surface area (Å²) in [6.45, 7) is 2.06. The molecule has 0 aliphatic carbocycles. The lowest BCUT2D eigenvalue weighted by molar-refractivity contribution is 0.417. The third-order valence-corrected chi connectivity index (χ3v) is 4.56. The van der Waals surface area contributed by atoms with Crippen molar-refractivity contribution >= 4 is 34.0 Å². The normalized spacial score (nSPS) is 10.8. The fraction of sp³-hybridized carbons (Fsp3) is 0.0909. The minimum Gasteiger partial charge on any atom is -0.495 e. The van der Waals surface area contributed by atoms with Crippen LogP contribution in [-0.2, 0) is 0 Å². The zero-order chi connectivity index (χ0) is 18.8. The van der Waals surface area contributed by atoms with Gasteiger partial charge in [-0.05, 0) is 37.3 Å². The number of ether oxygens (including phenoxy) is 1. The Kier molecular flexibility index (Phi) is 4.65. The van der Waals surface area contributed by atoms with Crippen molar-refractivity contribution in [3.05, 3.63) is 77.3 Å². The molecule has 0 atom stereocenters. The van der Waals surface area contributed by atoms with Crippen molar-refractivity contribution in [3.8, 4) is 17.1 Å².